The van der Waals surface area contributed by atoms with Gasteiger partial charge < -0.3 is 19.7 Å². The van der Waals surface area contributed by atoms with E-state index in [4.69, 9.17) is 14.6 Å². The summed E-state index contributed by atoms with van der Waals surface area (Å²) in [6, 6.07) is 0. The van der Waals surface area contributed by atoms with Gasteiger partial charge in [-0.1, -0.05) is 85.6 Å². The molecule has 0 amide bonds. The second-order valence-corrected chi connectivity index (χ2v) is 16.5. The van der Waals surface area contributed by atoms with E-state index in [0.29, 0.717) is 24.2 Å². The average molecular weight is 709 g/mol. The zero-order valence-corrected chi connectivity index (χ0v) is 33.8. The number of aliphatic hydroxyl groups excluding tert-OH is 2. The lowest BCUT2D eigenvalue weighted by molar-refractivity contribution is -0.166. The summed E-state index contributed by atoms with van der Waals surface area (Å²) >= 11 is 0. The summed E-state index contributed by atoms with van der Waals surface area (Å²) in [7, 11) is 0. The Hall–Kier alpha value is -2.70. The van der Waals surface area contributed by atoms with Gasteiger partial charge in [-0.05, 0) is 136 Å². The Labute approximate surface area is 311 Å². The molecule has 1 saturated heterocycles. The Morgan fingerprint density at radius 3 is 2.06 bits per heavy atom. The van der Waals surface area contributed by atoms with E-state index >= 15 is 0 Å². The van der Waals surface area contributed by atoms with Crippen LogP contribution in [0.3, 0.4) is 0 Å². The van der Waals surface area contributed by atoms with Crippen molar-refractivity contribution >= 4 is 11.9 Å². The van der Waals surface area contributed by atoms with Crippen molar-refractivity contribution in [1.29, 1.82) is 0 Å². The molecule has 0 radical (unpaired) electrons. The number of esters is 2. The number of hydrogen-bond acceptors (Lipinski definition) is 6. The Balaban J connectivity index is 0.000000380. The molecule has 1 aliphatic heterocycles. The third kappa shape index (κ3) is 16.2. The molecule has 1 heterocycles. The number of fused-ring (bicyclic) bond motifs is 1. The van der Waals surface area contributed by atoms with Gasteiger partial charge in [-0.15, -0.1) is 0 Å². The molecule has 2 N–H and O–H groups in total. The van der Waals surface area contributed by atoms with Gasteiger partial charge in [0.05, 0.1) is 24.5 Å². The summed E-state index contributed by atoms with van der Waals surface area (Å²) in [5.74, 6) is 0.776. The van der Waals surface area contributed by atoms with E-state index < -0.39 is 11.5 Å². The zero-order valence-electron chi connectivity index (χ0n) is 33.8. The molecule has 0 aromatic rings. The lowest BCUT2D eigenvalue weighted by Gasteiger charge is -2.44. The summed E-state index contributed by atoms with van der Waals surface area (Å²) in [6.07, 6.45) is 25.3. The molecule has 0 spiro atoms. The Kier molecular flexibility index (Phi) is 19.5. The highest BCUT2D eigenvalue weighted by Gasteiger charge is 2.43. The third-order valence-corrected chi connectivity index (χ3v) is 10.9. The summed E-state index contributed by atoms with van der Waals surface area (Å²) in [6.45, 7) is 21.3. The fourth-order valence-corrected chi connectivity index (χ4v) is 7.22. The van der Waals surface area contributed by atoms with Gasteiger partial charge in [0.15, 0.2) is 0 Å². The molecule has 3 aliphatic rings. The second-order valence-electron chi connectivity index (χ2n) is 16.5. The third-order valence-electron chi connectivity index (χ3n) is 10.9. The standard InChI is InChI=1S/C25H38O5.C20H34O/c1-6-25(4,5)24(28)30-21-12-15(2)11-17-8-7-16(3)20(23(17)21)10-9-19-13-18(26)14-22(27)29-19;1-17(2)9-6-10-18(3)11-7-12-19(4)13-8-14-20(5)15-16-21/h7-8,11,15-16,18-21,23,26H,6,9-10,12-14H2,1-5H3;9,11,13,15,21H,6-8,10,12,14,16H2,1-5H3/b;18-11+,19-13+,20-15+/t15-,16-,18+,19+,20-,21-,23-;/m0./s1. The molecule has 0 aromatic heterocycles. The molecule has 0 unspecified atom stereocenters. The van der Waals surface area contributed by atoms with Crippen molar-refractivity contribution < 1.29 is 29.3 Å². The van der Waals surface area contributed by atoms with Gasteiger partial charge in [-0.3, -0.25) is 9.59 Å². The maximum atomic E-state index is 12.9. The van der Waals surface area contributed by atoms with Crippen LogP contribution in [0, 0.1) is 29.1 Å². The average Bonchev–Trinajstić information content (AvgIpc) is 3.04. The monoisotopic (exact) mass is 709 g/mol. The Morgan fingerprint density at radius 1 is 0.922 bits per heavy atom. The summed E-state index contributed by atoms with van der Waals surface area (Å²) in [5, 5.41) is 18.7. The van der Waals surface area contributed by atoms with Crippen LogP contribution in [0.4, 0.5) is 0 Å². The van der Waals surface area contributed by atoms with E-state index in [1.54, 1.807) is 0 Å². The highest BCUT2D eigenvalue weighted by atomic mass is 16.6. The smallest absolute Gasteiger partial charge is 0.311 e. The van der Waals surface area contributed by atoms with Crippen LogP contribution in [-0.2, 0) is 19.1 Å². The predicted octanol–water partition coefficient (Wildman–Crippen LogP) is 10.7. The zero-order chi connectivity index (χ0) is 38.1. The first-order valence-corrected chi connectivity index (χ1v) is 19.8. The van der Waals surface area contributed by atoms with Crippen LogP contribution in [-0.4, -0.2) is 47.1 Å². The maximum Gasteiger partial charge on any atom is 0.311 e. The first-order valence-electron chi connectivity index (χ1n) is 19.8. The largest absolute Gasteiger partial charge is 0.462 e. The minimum Gasteiger partial charge on any atom is -0.462 e. The van der Waals surface area contributed by atoms with E-state index in [9.17, 15) is 14.7 Å². The summed E-state index contributed by atoms with van der Waals surface area (Å²) in [4.78, 5) is 24.6. The highest BCUT2D eigenvalue weighted by molar-refractivity contribution is 5.76. The molecule has 1 fully saturated rings. The van der Waals surface area contributed by atoms with E-state index in [1.165, 1.54) is 34.3 Å². The topological polar surface area (TPSA) is 93.1 Å². The van der Waals surface area contributed by atoms with Crippen LogP contribution in [0.5, 0.6) is 0 Å². The van der Waals surface area contributed by atoms with E-state index in [2.05, 4.69) is 84.9 Å². The lowest BCUT2D eigenvalue weighted by atomic mass is 9.65. The van der Waals surface area contributed by atoms with Crippen LogP contribution in [0.25, 0.3) is 0 Å². The lowest BCUT2D eigenvalue weighted by Crippen LogP contribution is -2.43. The summed E-state index contributed by atoms with van der Waals surface area (Å²) in [5.41, 5.74) is 6.44. The van der Waals surface area contributed by atoms with Crippen molar-refractivity contribution in [3.63, 3.8) is 0 Å². The molecule has 7 atom stereocenters. The van der Waals surface area contributed by atoms with Gasteiger partial charge in [0.25, 0.3) is 0 Å². The molecule has 3 rings (SSSR count). The Morgan fingerprint density at radius 2 is 1.51 bits per heavy atom. The van der Waals surface area contributed by atoms with Gasteiger partial charge >= 0.3 is 11.9 Å². The molecular weight excluding hydrogens is 636 g/mol. The number of aliphatic hydroxyl groups is 2. The van der Waals surface area contributed by atoms with E-state index in [-0.39, 0.29) is 43.1 Å². The molecule has 0 aromatic carbocycles. The van der Waals surface area contributed by atoms with Crippen molar-refractivity contribution in [2.75, 3.05) is 6.61 Å². The first-order chi connectivity index (χ1) is 24.1. The molecule has 0 bridgehead atoms. The fraction of sp³-hybridized carbons (Fsp3) is 0.689. The first kappa shape index (κ1) is 44.5. The Bertz CT molecular complexity index is 1290. The molecular formula is C45H72O6. The van der Waals surface area contributed by atoms with Crippen molar-refractivity contribution in [2.24, 2.45) is 29.1 Å². The van der Waals surface area contributed by atoms with Crippen molar-refractivity contribution in [3.8, 4) is 0 Å². The number of carbonyl (C=O) groups excluding carboxylic acids is 2. The van der Waals surface area contributed by atoms with E-state index in [0.717, 1.165) is 57.8 Å². The normalized spacial score (nSPS) is 27.1. The predicted molar refractivity (Wildman–Crippen MR) is 211 cm³/mol. The SMILES string of the molecule is CC(C)=CCC/C(C)=C/CC/C(C)=C/CC/C(C)=C/CO.CCC(C)(C)C(=O)O[C@H]1C[C@@H](C)C=C2C=C[C@H](C)[C@H](CC[C@@H]3C[C@@H](O)CC(=O)O3)[C@H]21. The molecule has 2 aliphatic carbocycles. The van der Waals surface area contributed by atoms with Crippen molar-refractivity contribution in [3.05, 3.63) is 70.4 Å². The molecule has 6 heteroatoms. The van der Waals surface area contributed by atoms with Crippen LogP contribution >= 0.6 is 0 Å². The molecule has 51 heavy (non-hydrogen) atoms. The maximum absolute atomic E-state index is 12.9. The van der Waals surface area contributed by atoms with Crippen LogP contribution in [0.15, 0.2) is 70.4 Å². The highest BCUT2D eigenvalue weighted by Crippen LogP contribution is 2.45. The number of carbonyl (C=O) groups is 2. The van der Waals surface area contributed by atoms with Gasteiger partial charge in [0, 0.05) is 12.3 Å². The quantitative estimate of drug-likeness (QED) is 0.122. The number of rotatable bonds is 16. The number of ether oxygens (including phenoxy) is 2. The number of allylic oxidation sites excluding steroid dienone is 10. The number of hydrogen-bond donors (Lipinski definition) is 2. The summed E-state index contributed by atoms with van der Waals surface area (Å²) < 4.78 is 11.6. The van der Waals surface area contributed by atoms with Crippen LogP contribution < -0.4 is 0 Å². The van der Waals surface area contributed by atoms with Crippen LogP contribution in [0.2, 0.25) is 0 Å². The molecule has 0 saturated carbocycles. The van der Waals surface area contributed by atoms with E-state index in [1.807, 2.05) is 26.8 Å². The second kappa shape index (κ2) is 22.4. The van der Waals surface area contributed by atoms with Crippen molar-refractivity contribution in [2.45, 2.75) is 165 Å². The minimum atomic E-state index is -0.601. The molecule has 6 nitrogen and oxygen atoms in total. The van der Waals surface area contributed by atoms with Gasteiger partial charge in [-0.25, -0.2) is 0 Å². The van der Waals surface area contributed by atoms with Gasteiger partial charge in [0.2, 0.25) is 0 Å². The van der Waals surface area contributed by atoms with Gasteiger partial charge in [0.1, 0.15) is 12.2 Å². The fourth-order valence-electron chi connectivity index (χ4n) is 7.22. The van der Waals surface area contributed by atoms with Gasteiger partial charge in [-0.2, -0.15) is 0 Å². The minimum absolute atomic E-state index is 0.0949. The van der Waals surface area contributed by atoms with Crippen molar-refractivity contribution in [1.82, 2.24) is 0 Å². The number of cyclic esters (lactones) is 1. The van der Waals surface area contributed by atoms with Crippen LogP contribution in [0.1, 0.15) is 146 Å². The molecule has 288 valence electrons.